The van der Waals surface area contributed by atoms with Crippen LogP contribution in [0.4, 0.5) is 0 Å². The molecule has 0 aromatic heterocycles. The third-order valence-electron chi connectivity index (χ3n) is 4.76. The van der Waals surface area contributed by atoms with Crippen LogP contribution in [0.5, 0.6) is 5.75 Å². The molecule has 4 rings (SSSR count). The first-order chi connectivity index (χ1) is 9.78. The summed E-state index contributed by atoms with van der Waals surface area (Å²) >= 11 is 0. The van der Waals surface area contributed by atoms with Gasteiger partial charge in [-0.1, -0.05) is 19.1 Å². The minimum Gasteiger partial charge on any atom is -0.494 e. The van der Waals surface area contributed by atoms with Crippen molar-refractivity contribution in [1.29, 1.82) is 0 Å². The lowest BCUT2D eigenvalue weighted by Crippen LogP contribution is -2.58. The van der Waals surface area contributed by atoms with Gasteiger partial charge in [-0.25, -0.2) is 0 Å². The predicted octanol–water partition coefficient (Wildman–Crippen LogP) is 2.47. The van der Waals surface area contributed by atoms with E-state index in [0.717, 1.165) is 38.3 Å². The number of piperidine rings is 3. The third-order valence-corrected chi connectivity index (χ3v) is 4.76. The van der Waals surface area contributed by atoms with Crippen LogP contribution in [0.25, 0.3) is 0 Å². The highest BCUT2D eigenvalue weighted by molar-refractivity contribution is 5.28. The molecule has 1 N–H and O–H groups in total. The Morgan fingerprint density at radius 1 is 1.20 bits per heavy atom. The Kier molecular flexibility index (Phi) is 4.27. The van der Waals surface area contributed by atoms with Crippen LogP contribution >= 0.6 is 0 Å². The summed E-state index contributed by atoms with van der Waals surface area (Å²) in [6.07, 6.45) is 4.18. The molecule has 110 valence electrons. The summed E-state index contributed by atoms with van der Waals surface area (Å²) in [6, 6.07) is 8.69. The van der Waals surface area contributed by atoms with Crippen LogP contribution in [0, 0.1) is 5.92 Å². The molecule has 3 aliphatic heterocycles. The zero-order valence-electron chi connectivity index (χ0n) is 12.3. The van der Waals surface area contributed by atoms with Gasteiger partial charge in [0.05, 0.1) is 12.7 Å². The van der Waals surface area contributed by atoms with Gasteiger partial charge in [-0.2, -0.15) is 0 Å². The summed E-state index contributed by atoms with van der Waals surface area (Å²) in [6.45, 7) is 5.20. The number of hydrogen-bond acceptors (Lipinski definition) is 3. The Hall–Kier alpha value is -1.06. The van der Waals surface area contributed by atoms with E-state index in [1.165, 1.54) is 18.4 Å². The fraction of sp³-hybridized carbons (Fsp3) is 0.647. The average Bonchev–Trinajstić information content (AvgIpc) is 2.50. The zero-order valence-corrected chi connectivity index (χ0v) is 12.3. The molecule has 3 heteroatoms. The van der Waals surface area contributed by atoms with E-state index >= 15 is 0 Å². The Balaban J connectivity index is 1.62. The van der Waals surface area contributed by atoms with E-state index in [4.69, 9.17) is 4.74 Å². The number of fused-ring (bicyclic) bond motifs is 3. The topological polar surface area (TPSA) is 32.7 Å². The maximum atomic E-state index is 10.4. The number of ether oxygens (including phenoxy) is 1. The summed E-state index contributed by atoms with van der Waals surface area (Å²) in [5.74, 6) is 1.47. The number of nitrogens with zero attached hydrogens (tertiary/aromatic N) is 1. The van der Waals surface area contributed by atoms with E-state index in [9.17, 15) is 5.11 Å². The molecule has 2 atom stereocenters. The van der Waals surface area contributed by atoms with E-state index < -0.39 is 0 Å². The van der Waals surface area contributed by atoms with Crippen molar-refractivity contribution in [3.8, 4) is 5.75 Å². The maximum absolute atomic E-state index is 10.4. The lowest BCUT2D eigenvalue weighted by Gasteiger charge is -2.49. The van der Waals surface area contributed by atoms with Crippen molar-refractivity contribution < 1.29 is 9.84 Å². The van der Waals surface area contributed by atoms with Crippen LogP contribution in [-0.4, -0.2) is 41.8 Å². The first kappa shape index (κ1) is 13.9. The Bertz CT molecular complexity index is 421. The molecule has 0 saturated carbocycles. The number of aliphatic hydroxyl groups is 1. The molecule has 0 amide bonds. The van der Waals surface area contributed by atoms with Crippen molar-refractivity contribution in [3.05, 3.63) is 29.8 Å². The smallest absolute Gasteiger partial charge is 0.119 e. The van der Waals surface area contributed by atoms with Crippen LogP contribution in [0.15, 0.2) is 24.3 Å². The molecule has 20 heavy (non-hydrogen) atoms. The van der Waals surface area contributed by atoms with Crippen molar-refractivity contribution in [2.45, 2.75) is 44.8 Å². The standard InChI is InChI=1S/C17H25NO2/c1-2-11-20-15-5-3-13(4-6-15)12-16-17(19)14-7-9-18(16)10-8-14/h3-6,14,16-17,19H,2,7-12H2,1H3. The minimum atomic E-state index is -0.145. The SMILES string of the molecule is CCCOc1ccc(CC2C(O)C3CCN2CC3)cc1. The van der Waals surface area contributed by atoms with Crippen LogP contribution < -0.4 is 4.74 Å². The Morgan fingerprint density at radius 2 is 1.90 bits per heavy atom. The van der Waals surface area contributed by atoms with Crippen molar-refractivity contribution in [3.63, 3.8) is 0 Å². The molecule has 2 unspecified atom stereocenters. The highest BCUT2D eigenvalue weighted by atomic mass is 16.5. The van der Waals surface area contributed by atoms with Crippen LogP contribution in [0.2, 0.25) is 0 Å². The predicted molar refractivity (Wildman–Crippen MR) is 80.0 cm³/mol. The van der Waals surface area contributed by atoms with Crippen LogP contribution in [-0.2, 0) is 6.42 Å². The number of benzene rings is 1. The monoisotopic (exact) mass is 275 g/mol. The van der Waals surface area contributed by atoms with Gasteiger partial charge in [-0.05, 0) is 62.4 Å². The van der Waals surface area contributed by atoms with Crippen LogP contribution in [0.1, 0.15) is 31.7 Å². The van der Waals surface area contributed by atoms with E-state index in [2.05, 4.69) is 24.0 Å². The van der Waals surface area contributed by atoms with Gasteiger partial charge in [0.15, 0.2) is 0 Å². The molecule has 1 aromatic carbocycles. The molecule has 0 radical (unpaired) electrons. The second kappa shape index (κ2) is 6.15. The molecular formula is C17H25NO2. The van der Waals surface area contributed by atoms with Gasteiger partial charge in [0.25, 0.3) is 0 Å². The fourth-order valence-electron chi connectivity index (χ4n) is 3.56. The second-order valence-electron chi connectivity index (χ2n) is 6.13. The van der Waals surface area contributed by atoms with E-state index in [1.807, 2.05) is 12.1 Å². The zero-order chi connectivity index (χ0) is 13.9. The molecule has 3 fully saturated rings. The van der Waals surface area contributed by atoms with Gasteiger partial charge in [0.1, 0.15) is 5.75 Å². The maximum Gasteiger partial charge on any atom is 0.119 e. The molecule has 3 aliphatic rings. The average molecular weight is 275 g/mol. The largest absolute Gasteiger partial charge is 0.494 e. The number of aliphatic hydroxyl groups excluding tert-OH is 1. The van der Waals surface area contributed by atoms with Crippen molar-refractivity contribution in [2.24, 2.45) is 5.92 Å². The Labute approximate surface area is 121 Å². The van der Waals surface area contributed by atoms with Gasteiger partial charge in [-0.3, -0.25) is 4.90 Å². The molecule has 2 bridgehead atoms. The number of hydrogen-bond donors (Lipinski definition) is 1. The van der Waals surface area contributed by atoms with Gasteiger partial charge in [0.2, 0.25) is 0 Å². The lowest BCUT2D eigenvalue weighted by atomic mass is 9.78. The van der Waals surface area contributed by atoms with Crippen molar-refractivity contribution >= 4 is 0 Å². The minimum absolute atomic E-state index is 0.145. The molecule has 1 aromatic rings. The summed E-state index contributed by atoms with van der Waals surface area (Å²) in [5.41, 5.74) is 1.30. The summed E-state index contributed by atoms with van der Waals surface area (Å²) in [5, 5.41) is 10.4. The third kappa shape index (κ3) is 2.84. The summed E-state index contributed by atoms with van der Waals surface area (Å²) in [4.78, 5) is 2.46. The van der Waals surface area contributed by atoms with Gasteiger partial charge in [-0.15, -0.1) is 0 Å². The molecule has 0 spiro atoms. The quantitative estimate of drug-likeness (QED) is 0.896. The van der Waals surface area contributed by atoms with E-state index in [0.29, 0.717) is 12.0 Å². The van der Waals surface area contributed by atoms with E-state index in [1.54, 1.807) is 0 Å². The molecule has 0 aliphatic carbocycles. The molecular weight excluding hydrogens is 250 g/mol. The van der Waals surface area contributed by atoms with Gasteiger partial charge >= 0.3 is 0 Å². The van der Waals surface area contributed by atoms with Crippen molar-refractivity contribution in [1.82, 2.24) is 4.90 Å². The van der Waals surface area contributed by atoms with Crippen molar-refractivity contribution in [2.75, 3.05) is 19.7 Å². The highest BCUT2D eigenvalue weighted by Gasteiger charge is 2.40. The summed E-state index contributed by atoms with van der Waals surface area (Å²) < 4.78 is 5.61. The van der Waals surface area contributed by atoms with Crippen LogP contribution in [0.3, 0.4) is 0 Å². The highest BCUT2D eigenvalue weighted by Crippen LogP contribution is 2.33. The Morgan fingerprint density at radius 3 is 2.50 bits per heavy atom. The lowest BCUT2D eigenvalue weighted by molar-refractivity contribution is -0.0715. The first-order valence-electron chi connectivity index (χ1n) is 7.92. The molecule has 3 heterocycles. The summed E-state index contributed by atoms with van der Waals surface area (Å²) in [7, 11) is 0. The molecule has 3 saturated heterocycles. The molecule has 3 nitrogen and oxygen atoms in total. The van der Waals surface area contributed by atoms with Gasteiger partial charge < -0.3 is 9.84 Å². The normalized spacial score (nSPS) is 32.3. The van der Waals surface area contributed by atoms with E-state index in [-0.39, 0.29) is 6.10 Å². The number of rotatable bonds is 5. The van der Waals surface area contributed by atoms with Gasteiger partial charge in [0, 0.05) is 6.04 Å². The fourth-order valence-corrected chi connectivity index (χ4v) is 3.56. The first-order valence-corrected chi connectivity index (χ1v) is 7.92. The second-order valence-corrected chi connectivity index (χ2v) is 6.13.